The Balaban J connectivity index is 0.000000173. The highest BCUT2D eigenvalue weighted by Gasteiger charge is 2.32. The molecule has 0 radical (unpaired) electrons. The van der Waals surface area contributed by atoms with E-state index in [0.717, 1.165) is 58.7 Å². The van der Waals surface area contributed by atoms with Gasteiger partial charge in [0.1, 0.15) is 0 Å². The summed E-state index contributed by atoms with van der Waals surface area (Å²) in [6, 6.07) is 0. The first-order valence-corrected chi connectivity index (χ1v) is 8.41. The van der Waals surface area contributed by atoms with Crippen molar-refractivity contribution in [1.29, 1.82) is 0 Å². The highest BCUT2D eigenvalue weighted by atomic mass is 16.5. The van der Waals surface area contributed by atoms with Crippen LogP contribution < -0.4 is 0 Å². The molecule has 1 saturated carbocycles. The van der Waals surface area contributed by atoms with Crippen molar-refractivity contribution in [3.8, 4) is 0 Å². The molecule has 2 saturated heterocycles. The van der Waals surface area contributed by atoms with Gasteiger partial charge in [-0.3, -0.25) is 0 Å². The van der Waals surface area contributed by atoms with Crippen molar-refractivity contribution in [2.45, 2.75) is 50.9 Å². The zero-order valence-electron chi connectivity index (χ0n) is 15.1. The Bertz CT molecular complexity index is 289. The maximum atomic E-state index is 8.95. The van der Waals surface area contributed by atoms with E-state index in [4.69, 9.17) is 28.8 Å². The average Bonchev–Trinajstić information content (AvgIpc) is 3.18. The predicted molar refractivity (Wildman–Crippen MR) is 87.7 cm³/mol. The summed E-state index contributed by atoms with van der Waals surface area (Å²) in [7, 11) is 5.14. The highest BCUT2D eigenvalue weighted by Crippen LogP contribution is 2.25. The van der Waals surface area contributed by atoms with Gasteiger partial charge in [-0.25, -0.2) is 0 Å². The Hall–Kier alpha value is -0.240. The molecule has 0 spiro atoms. The van der Waals surface area contributed by atoms with E-state index in [1.54, 1.807) is 21.3 Å². The number of aliphatic hydroxyl groups is 1. The van der Waals surface area contributed by atoms with Gasteiger partial charge in [0.25, 0.3) is 0 Å². The van der Waals surface area contributed by atoms with Crippen molar-refractivity contribution in [1.82, 2.24) is 0 Å². The van der Waals surface area contributed by atoms with Gasteiger partial charge < -0.3 is 28.8 Å². The number of hydrogen-bond donors (Lipinski definition) is 1. The Morgan fingerprint density at radius 3 is 1.91 bits per heavy atom. The molecule has 6 nitrogen and oxygen atoms in total. The third kappa shape index (κ3) is 8.42. The molecule has 0 bridgehead atoms. The predicted octanol–water partition coefficient (Wildman–Crippen LogP) is 1.64. The lowest BCUT2D eigenvalue weighted by molar-refractivity contribution is -0.131. The third-order valence-electron chi connectivity index (χ3n) is 4.31. The van der Waals surface area contributed by atoms with E-state index in [-0.39, 0.29) is 6.10 Å². The van der Waals surface area contributed by atoms with Crippen LogP contribution in [0.3, 0.4) is 0 Å². The van der Waals surface area contributed by atoms with Gasteiger partial charge in [0.2, 0.25) is 0 Å². The van der Waals surface area contributed by atoms with Crippen LogP contribution in [-0.4, -0.2) is 77.8 Å². The third-order valence-corrected chi connectivity index (χ3v) is 4.31. The summed E-state index contributed by atoms with van der Waals surface area (Å²) in [5.74, 6) is 0. The largest absolute Gasteiger partial charge is 0.393 e. The fourth-order valence-corrected chi connectivity index (χ4v) is 2.71. The molecule has 3 aliphatic rings. The van der Waals surface area contributed by atoms with E-state index in [1.807, 2.05) is 0 Å². The van der Waals surface area contributed by atoms with Gasteiger partial charge >= 0.3 is 0 Å². The topological polar surface area (TPSA) is 66.4 Å². The second-order valence-corrected chi connectivity index (χ2v) is 6.78. The van der Waals surface area contributed by atoms with Crippen molar-refractivity contribution < 1.29 is 28.8 Å². The quantitative estimate of drug-likeness (QED) is 0.843. The molecule has 0 aromatic heterocycles. The minimum absolute atomic E-state index is 0.0973. The average molecular weight is 334 g/mol. The molecule has 138 valence electrons. The van der Waals surface area contributed by atoms with Crippen LogP contribution in [-0.2, 0) is 23.7 Å². The van der Waals surface area contributed by atoms with Crippen LogP contribution in [0.25, 0.3) is 0 Å². The van der Waals surface area contributed by atoms with E-state index in [1.165, 1.54) is 0 Å². The van der Waals surface area contributed by atoms with Crippen molar-refractivity contribution in [3.05, 3.63) is 0 Å². The number of aliphatic hydroxyl groups excluding tert-OH is 1. The summed E-state index contributed by atoms with van der Waals surface area (Å²) in [6.45, 7) is 6.38. The SMILES string of the molecule is COC1CCC(O)C1.COC1CCOC1.COCC1(C)COC1. The van der Waals surface area contributed by atoms with Crippen molar-refractivity contribution in [3.63, 3.8) is 0 Å². The first kappa shape index (κ1) is 20.8. The minimum Gasteiger partial charge on any atom is -0.393 e. The minimum atomic E-state index is -0.0973. The van der Waals surface area contributed by atoms with E-state index < -0.39 is 0 Å². The summed E-state index contributed by atoms with van der Waals surface area (Å²) in [5, 5.41) is 8.95. The summed E-state index contributed by atoms with van der Waals surface area (Å²) in [6.07, 6.45) is 4.44. The van der Waals surface area contributed by atoms with Crippen LogP contribution >= 0.6 is 0 Å². The normalized spacial score (nSPS) is 31.4. The fraction of sp³-hybridized carbons (Fsp3) is 1.00. The maximum Gasteiger partial charge on any atom is 0.0826 e. The second kappa shape index (κ2) is 11.3. The second-order valence-electron chi connectivity index (χ2n) is 6.78. The zero-order valence-corrected chi connectivity index (χ0v) is 15.1. The van der Waals surface area contributed by atoms with Gasteiger partial charge in [0, 0.05) is 33.4 Å². The monoisotopic (exact) mass is 334 g/mol. The first-order valence-electron chi connectivity index (χ1n) is 8.41. The van der Waals surface area contributed by atoms with Gasteiger partial charge in [-0.2, -0.15) is 0 Å². The Kier molecular flexibility index (Phi) is 10.3. The Labute approximate surface area is 140 Å². The van der Waals surface area contributed by atoms with Gasteiger partial charge in [-0.05, 0) is 25.7 Å². The molecule has 3 rings (SSSR count). The van der Waals surface area contributed by atoms with E-state index >= 15 is 0 Å². The van der Waals surface area contributed by atoms with Crippen LogP contribution in [0.2, 0.25) is 0 Å². The Morgan fingerprint density at radius 1 is 1.00 bits per heavy atom. The van der Waals surface area contributed by atoms with Crippen LogP contribution in [0.1, 0.15) is 32.6 Å². The maximum absolute atomic E-state index is 8.95. The van der Waals surface area contributed by atoms with Gasteiger partial charge in [-0.1, -0.05) is 6.92 Å². The summed E-state index contributed by atoms with van der Waals surface area (Å²) >= 11 is 0. The van der Waals surface area contributed by atoms with Gasteiger partial charge in [0.05, 0.1) is 44.7 Å². The number of rotatable bonds is 4. The smallest absolute Gasteiger partial charge is 0.0826 e. The van der Waals surface area contributed by atoms with Crippen LogP contribution in [0.15, 0.2) is 0 Å². The number of hydrogen-bond acceptors (Lipinski definition) is 6. The molecule has 6 heteroatoms. The molecule has 3 atom stereocenters. The number of methoxy groups -OCH3 is 3. The van der Waals surface area contributed by atoms with Crippen LogP contribution in [0, 0.1) is 5.41 Å². The lowest BCUT2D eigenvalue weighted by atomic mass is 9.90. The molecular formula is C17H34O6. The molecular weight excluding hydrogens is 300 g/mol. The zero-order chi connectivity index (χ0) is 17.1. The molecule has 1 aliphatic carbocycles. The standard InChI is InChI=1S/2C6H12O2.C5H10O2/c1-6(3-7-2)4-8-5-6;1-8-6-3-2-5(7)4-6;1-6-5-2-3-7-4-5/h3-5H2,1-2H3;5-7H,2-4H2,1H3;5H,2-4H2,1H3. The lowest BCUT2D eigenvalue weighted by Gasteiger charge is -2.37. The van der Waals surface area contributed by atoms with Crippen LogP contribution in [0.5, 0.6) is 0 Å². The van der Waals surface area contributed by atoms with Crippen LogP contribution in [0.4, 0.5) is 0 Å². The van der Waals surface area contributed by atoms with Crippen molar-refractivity contribution >= 4 is 0 Å². The summed E-state index contributed by atoms with van der Waals surface area (Å²) in [5.41, 5.74) is 0.328. The highest BCUT2D eigenvalue weighted by molar-refractivity contribution is 4.79. The summed E-state index contributed by atoms with van der Waals surface area (Å²) < 4.78 is 25.0. The van der Waals surface area contributed by atoms with E-state index in [9.17, 15) is 0 Å². The molecule has 23 heavy (non-hydrogen) atoms. The molecule has 1 N–H and O–H groups in total. The molecule has 0 amide bonds. The van der Waals surface area contributed by atoms with Gasteiger partial charge in [-0.15, -0.1) is 0 Å². The molecule has 0 aromatic rings. The van der Waals surface area contributed by atoms with Gasteiger partial charge in [0.15, 0.2) is 0 Å². The first-order chi connectivity index (χ1) is 11.0. The van der Waals surface area contributed by atoms with E-state index in [0.29, 0.717) is 17.6 Å². The molecule has 3 fully saturated rings. The van der Waals surface area contributed by atoms with E-state index in [2.05, 4.69) is 6.92 Å². The molecule has 3 unspecified atom stereocenters. The molecule has 2 aliphatic heterocycles. The molecule has 0 aromatic carbocycles. The molecule has 2 heterocycles. The van der Waals surface area contributed by atoms with Crippen molar-refractivity contribution in [2.24, 2.45) is 5.41 Å². The Morgan fingerprint density at radius 2 is 1.70 bits per heavy atom. The van der Waals surface area contributed by atoms with Crippen molar-refractivity contribution in [2.75, 3.05) is 54.4 Å². The fourth-order valence-electron chi connectivity index (χ4n) is 2.71. The summed E-state index contributed by atoms with van der Waals surface area (Å²) in [4.78, 5) is 0. The number of ether oxygens (including phenoxy) is 5. The lowest BCUT2D eigenvalue weighted by Crippen LogP contribution is -2.43.